The molecule has 0 bridgehead atoms. The molecule has 0 N–H and O–H groups in total. The molecule has 0 heteroatoms. The van der Waals surface area contributed by atoms with Crippen LogP contribution in [0.3, 0.4) is 0 Å². The Balaban J connectivity index is 1.70. The molecule has 0 saturated heterocycles. The van der Waals surface area contributed by atoms with E-state index < -0.39 is 0 Å². The molecular formula is C22H25. The minimum atomic E-state index is 1.27. The van der Waals surface area contributed by atoms with Crippen LogP contribution in [0.2, 0.25) is 0 Å². The Morgan fingerprint density at radius 3 is 1.95 bits per heavy atom. The number of fused-ring (bicyclic) bond motifs is 4. The lowest BCUT2D eigenvalue weighted by Crippen LogP contribution is -1.97. The lowest BCUT2D eigenvalue weighted by Gasteiger charge is -2.13. The number of hydrogen-bond acceptors (Lipinski definition) is 0. The van der Waals surface area contributed by atoms with E-state index in [0.29, 0.717) is 0 Å². The zero-order valence-electron chi connectivity index (χ0n) is 13.4. The van der Waals surface area contributed by atoms with Gasteiger partial charge in [0, 0.05) is 6.42 Å². The molecular weight excluding hydrogens is 264 g/mol. The van der Waals surface area contributed by atoms with Crippen LogP contribution in [0.25, 0.3) is 11.1 Å². The van der Waals surface area contributed by atoms with Crippen molar-refractivity contribution in [1.29, 1.82) is 0 Å². The van der Waals surface area contributed by atoms with Gasteiger partial charge in [0.15, 0.2) is 0 Å². The van der Waals surface area contributed by atoms with Gasteiger partial charge in [-0.3, -0.25) is 0 Å². The van der Waals surface area contributed by atoms with Crippen LogP contribution in [0.5, 0.6) is 0 Å². The Labute approximate surface area is 134 Å². The fourth-order valence-electron chi connectivity index (χ4n) is 4.08. The second-order valence-electron chi connectivity index (χ2n) is 6.91. The SMILES string of the molecule is [CH]1c2ccccc2-c2cc3c(cc21)CCCCCCCCC3. The van der Waals surface area contributed by atoms with Crippen molar-refractivity contribution in [1.82, 2.24) is 0 Å². The van der Waals surface area contributed by atoms with Gasteiger partial charge in [-0.1, -0.05) is 68.5 Å². The molecule has 0 heterocycles. The Kier molecular flexibility index (Phi) is 4.01. The highest BCUT2D eigenvalue weighted by molar-refractivity contribution is 5.82. The summed E-state index contributed by atoms with van der Waals surface area (Å²) in [6, 6.07) is 13.8. The molecule has 0 unspecified atom stereocenters. The van der Waals surface area contributed by atoms with Crippen molar-refractivity contribution >= 4 is 0 Å². The van der Waals surface area contributed by atoms with Gasteiger partial charge in [0.05, 0.1) is 0 Å². The van der Waals surface area contributed by atoms with Crippen molar-refractivity contribution in [2.45, 2.75) is 57.8 Å². The second-order valence-corrected chi connectivity index (χ2v) is 6.91. The van der Waals surface area contributed by atoms with E-state index in [1.54, 1.807) is 11.1 Å². The number of aryl methyl sites for hydroxylation is 2. The summed E-state index contributed by atoms with van der Waals surface area (Å²) in [4.78, 5) is 0. The molecule has 0 nitrogen and oxygen atoms in total. The third kappa shape index (κ3) is 2.72. The van der Waals surface area contributed by atoms with E-state index in [1.807, 2.05) is 0 Å². The summed E-state index contributed by atoms with van der Waals surface area (Å²) in [5, 5.41) is 0. The lowest BCUT2D eigenvalue weighted by molar-refractivity contribution is 0.587. The van der Waals surface area contributed by atoms with E-state index in [0.717, 1.165) is 0 Å². The van der Waals surface area contributed by atoms with Crippen molar-refractivity contribution in [2.75, 3.05) is 0 Å². The lowest BCUT2D eigenvalue weighted by atomic mass is 9.92. The normalized spacial score (nSPS) is 18.0. The maximum Gasteiger partial charge on any atom is 0.0212 e. The monoisotopic (exact) mass is 289 g/mol. The highest BCUT2D eigenvalue weighted by Gasteiger charge is 2.20. The van der Waals surface area contributed by atoms with Gasteiger partial charge < -0.3 is 0 Å². The van der Waals surface area contributed by atoms with E-state index >= 15 is 0 Å². The molecule has 2 aliphatic rings. The maximum atomic E-state index is 2.50. The minimum Gasteiger partial charge on any atom is -0.0619 e. The molecule has 22 heavy (non-hydrogen) atoms. The van der Waals surface area contributed by atoms with Gasteiger partial charge in [-0.15, -0.1) is 0 Å². The van der Waals surface area contributed by atoms with Crippen molar-refractivity contribution < 1.29 is 0 Å². The molecule has 0 fully saturated rings. The Morgan fingerprint density at radius 1 is 0.545 bits per heavy atom. The Bertz CT molecular complexity index is 666. The summed E-state index contributed by atoms with van der Waals surface area (Å²) < 4.78 is 0. The third-order valence-electron chi connectivity index (χ3n) is 5.33. The summed E-state index contributed by atoms with van der Waals surface area (Å²) in [6.07, 6.45) is 14.7. The zero-order chi connectivity index (χ0) is 14.8. The maximum absolute atomic E-state index is 2.50. The summed E-state index contributed by atoms with van der Waals surface area (Å²) in [5.41, 5.74) is 8.95. The quantitative estimate of drug-likeness (QED) is 0.469. The third-order valence-corrected chi connectivity index (χ3v) is 5.33. The van der Waals surface area contributed by atoms with Crippen LogP contribution in [0, 0.1) is 6.42 Å². The van der Waals surface area contributed by atoms with E-state index in [1.165, 1.54) is 80.0 Å². The first-order valence-electron chi connectivity index (χ1n) is 9.02. The van der Waals surface area contributed by atoms with E-state index in [2.05, 4.69) is 42.8 Å². The van der Waals surface area contributed by atoms with Crippen LogP contribution < -0.4 is 0 Å². The summed E-state index contributed by atoms with van der Waals surface area (Å²) in [7, 11) is 0. The van der Waals surface area contributed by atoms with Crippen LogP contribution in [0.4, 0.5) is 0 Å². The highest BCUT2D eigenvalue weighted by Crippen LogP contribution is 2.40. The highest BCUT2D eigenvalue weighted by atomic mass is 14.2. The predicted molar refractivity (Wildman–Crippen MR) is 94.1 cm³/mol. The van der Waals surface area contributed by atoms with Gasteiger partial charge in [0.2, 0.25) is 0 Å². The summed E-state index contributed by atoms with van der Waals surface area (Å²) in [6.45, 7) is 0. The first-order valence-corrected chi connectivity index (χ1v) is 9.02. The van der Waals surface area contributed by atoms with Crippen molar-refractivity contribution in [3.05, 3.63) is 65.1 Å². The van der Waals surface area contributed by atoms with Crippen LogP contribution in [-0.4, -0.2) is 0 Å². The van der Waals surface area contributed by atoms with Crippen LogP contribution in [0.15, 0.2) is 36.4 Å². The number of benzene rings is 2. The minimum absolute atomic E-state index is 1.27. The molecule has 113 valence electrons. The van der Waals surface area contributed by atoms with Gasteiger partial charge in [-0.25, -0.2) is 0 Å². The molecule has 1 radical (unpaired) electrons. The molecule has 0 spiro atoms. The first-order chi connectivity index (χ1) is 10.9. The van der Waals surface area contributed by atoms with Gasteiger partial charge in [0.25, 0.3) is 0 Å². The Morgan fingerprint density at radius 2 is 1.18 bits per heavy atom. The number of rotatable bonds is 0. The second kappa shape index (κ2) is 6.28. The number of hydrogen-bond donors (Lipinski definition) is 0. The molecule has 2 aromatic carbocycles. The van der Waals surface area contributed by atoms with Crippen LogP contribution in [0.1, 0.15) is 67.2 Å². The zero-order valence-corrected chi connectivity index (χ0v) is 13.4. The molecule has 0 aromatic heterocycles. The fraction of sp³-hybridized carbons (Fsp3) is 0.409. The standard InChI is InChI=1S/C22H25/c1-2-4-6-10-17-14-20-15-19-12-8-9-13-21(19)22(20)16-18(17)11-7-5-3-1/h8-9,12-16H,1-7,10-11H2. The first kappa shape index (κ1) is 14.1. The average molecular weight is 289 g/mol. The van der Waals surface area contributed by atoms with E-state index in [9.17, 15) is 0 Å². The average Bonchev–Trinajstić information content (AvgIpc) is 2.87. The van der Waals surface area contributed by atoms with Gasteiger partial charge in [-0.05, 0) is 59.1 Å². The topological polar surface area (TPSA) is 0 Å². The van der Waals surface area contributed by atoms with Crippen LogP contribution in [-0.2, 0) is 12.8 Å². The molecule has 2 aliphatic carbocycles. The van der Waals surface area contributed by atoms with Gasteiger partial charge in [-0.2, -0.15) is 0 Å². The van der Waals surface area contributed by atoms with Gasteiger partial charge >= 0.3 is 0 Å². The summed E-state index contributed by atoms with van der Waals surface area (Å²) >= 11 is 0. The molecule has 2 aromatic rings. The van der Waals surface area contributed by atoms with Crippen molar-refractivity contribution in [2.24, 2.45) is 0 Å². The molecule has 0 amide bonds. The van der Waals surface area contributed by atoms with Crippen molar-refractivity contribution in [3.63, 3.8) is 0 Å². The molecule has 0 atom stereocenters. The smallest absolute Gasteiger partial charge is 0.0212 e. The van der Waals surface area contributed by atoms with Crippen LogP contribution >= 0.6 is 0 Å². The van der Waals surface area contributed by atoms with E-state index in [-0.39, 0.29) is 0 Å². The Hall–Kier alpha value is -1.56. The summed E-state index contributed by atoms with van der Waals surface area (Å²) in [5.74, 6) is 0. The molecule has 4 rings (SSSR count). The largest absolute Gasteiger partial charge is 0.0619 e. The predicted octanol–water partition coefficient (Wildman–Crippen LogP) is 6.10. The fourth-order valence-corrected chi connectivity index (χ4v) is 4.08. The van der Waals surface area contributed by atoms with Gasteiger partial charge in [0.1, 0.15) is 0 Å². The van der Waals surface area contributed by atoms with E-state index in [4.69, 9.17) is 0 Å². The molecule has 0 aliphatic heterocycles. The van der Waals surface area contributed by atoms with Crippen molar-refractivity contribution in [3.8, 4) is 11.1 Å². The molecule has 0 saturated carbocycles.